The summed E-state index contributed by atoms with van der Waals surface area (Å²) in [6.45, 7) is 1.87. The average molecular weight is 309 g/mol. The molecule has 2 aromatic carbocycles. The molecule has 3 nitrogen and oxygen atoms in total. The van der Waals surface area contributed by atoms with Crippen molar-refractivity contribution in [2.45, 2.75) is 13.0 Å². The van der Waals surface area contributed by atoms with Crippen LogP contribution in [0.15, 0.2) is 42.5 Å². The fourth-order valence-electron chi connectivity index (χ4n) is 1.93. The van der Waals surface area contributed by atoms with Crippen molar-refractivity contribution in [1.29, 1.82) is 0 Å². The molecule has 0 aromatic heterocycles. The Labute approximate surface area is 127 Å². The second kappa shape index (κ2) is 6.16. The molecule has 0 spiro atoms. The van der Waals surface area contributed by atoms with E-state index in [0.717, 1.165) is 5.56 Å². The topological polar surface area (TPSA) is 55.1 Å². The minimum atomic E-state index is -0.244. The Bertz CT molecular complexity index is 623. The Morgan fingerprint density at radius 1 is 1.20 bits per heavy atom. The van der Waals surface area contributed by atoms with E-state index in [-0.39, 0.29) is 11.9 Å². The first-order valence-corrected chi connectivity index (χ1v) is 6.84. The van der Waals surface area contributed by atoms with E-state index in [0.29, 0.717) is 21.3 Å². The Morgan fingerprint density at radius 2 is 1.90 bits per heavy atom. The molecule has 2 aromatic rings. The summed E-state index contributed by atoms with van der Waals surface area (Å²) in [6, 6.07) is 11.9. The Balaban J connectivity index is 2.17. The molecule has 0 aliphatic carbocycles. The SMILES string of the molecule is CC(NC(=O)c1cc(N)cc(Cl)c1)c1ccccc1Cl. The van der Waals surface area contributed by atoms with Gasteiger partial charge in [-0.05, 0) is 36.8 Å². The van der Waals surface area contributed by atoms with Crippen LogP contribution in [-0.4, -0.2) is 5.91 Å². The summed E-state index contributed by atoms with van der Waals surface area (Å²) in [5.74, 6) is -0.244. The number of nitrogens with two attached hydrogens (primary N) is 1. The molecule has 0 bridgehead atoms. The van der Waals surface area contributed by atoms with E-state index < -0.39 is 0 Å². The van der Waals surface area contributed by atoms with Crippen molar-refractivity contribution in [3.63, 3.8) is 0 Å². The monoisotopic (exact) mass is 308 g/mol. The van der Waals surface area contributed by atoms with Gasteiger partial charge in [0.25, 0.3) is 5.91 Å². The summed E-state index contributed by atoms with van der Waals surface area (Å²) in [4.78, 5) is 12.2. The summed E-state index contributed by atoms with van der Waals surface area (Å²) in [5, 5.41) is 3.92. The zero-order valence-electron chi connectivity index (χ0n) is 10.9. The molecule has 1 unspecified atom stereocenters. The highest BCUT2D eigenvalue weighted by Crippen LogP contribution is 2.23. The minimum absolute atomic E-state index is 0.212. The lowest BCUT2D eigenvalue weighted by molar-refractivity contribution is 0.0940. The lowest BCUT2D eigenvalue weighted by Gasteiger charge is -2.16. The van der Waals surface area contributed by atoms with Gasteiger partial charge in [-0.25, -0.2) is 0 Å². The molecule has 0 saturated heterocycles. The summed E-state index contributed by atoms with van der Waals surface area (Å²) in [7, 11) is 0. The molecule has 1 amide bonds. The summed E-state index contributed by atoms with van der Waals surface area (Å²) in [6.07, 6.45) is 0. The molecule has 0 saturated carbocycles. The maximum Gasteiger partial charge on any atom is 0.251 e. The summed E-state index contributed by atoms with van der Waals surface area (Å²) in [5.41, 5.74) is 7.41. The van der Waals surface area contributed by atoms with Crippen molar-refractivity contribution >= 4 is 34.8 Å². The molecule has 2 rings (SSSR count). The third-order valence-electron chi connectivity index (χ3n) is 2.90. The van der Waals surface area contributed by atoms with Crippen molar-refractivity contribution < 1.29 is 4.79 Å². The number of hydrogen-bond donors (Lipinski definition) is 2. The van der Waals surface area contributed by atoms with Crippen molar-refractivity contribution in [3.8, 4) is 0 Å². The molecular formula is C15H14Cl2N2O. The van der Waals surface area contributed by atoms with Gasteiger partial charge >= 0.3 is 0 Å². The number of rotatable bonds is 3. The van der Waals surface area contributed by atoms with Crippen molar-refractivity contribution in [2.75, 3.05) is 5.73 Å². The Morgan fingerprint density at radius 3 is 2.55 bits per heavy atom. The zero-order valence-corrected chi connectivity index (χ0v) is 12.4. The van der Waals surface area contributed by atoms with Crippen LogP contribution >= 0.6 is 23.2 Å². The van der Waals surface area contributed by atoms with Crippen LogP contribution in [0.3, 0.4) is 0 Å². The second-order valence-corrected chi connectivity index (χ2v) is 5.33. The number of halogens is 2. The van der Waals surface area contributed by atoms with E-state index in [2.05, 4.69) is 5.32 Å². The van der Waals surface area contributed by atoms with Gasteiger partial charge in [-0.3, -0.25) is 4.79 Å². The molecule has 0 aliphatic rings. The molecule has 0 aliphatic heterocycles. The minimum Gasteiger partial charge on any atom is -0.399 e. The number of carbonyl (C=O) groups is 1. The molecule has 0 fully saturated rings. The third kappa shape index (κ3) is 3.44. The predicted molar refractivity (Wildman–Crippen MR) is 83.2 cm³/mol. The van der Waals surface area contributed by atoms with Crippen molar-refractivity contribution in [1.82, 2.24) is 5.32 Å². The number of amides is 1. The molecule has 20 heavy (non-hydrogen) atoms. The van der Waals surface area contributed by atoms with Gasteiger partial charge in [0.1, 0.15) is 0 Å². The van der Waals surface area contributed by atoms with Crippen LogP contribution in [0.1, 0.15) is 28.9 Å². The largest absolute Gasteiger partial charge is 0.399 e. The highest BCUT2D eigenvalue weighted by atomic mass is 35.5. The van der Waals surface area contributed by atoms with Crippen LogP contribution in [0, 0.1) is 0 Å². The fourth-order valence-corrected chi connectivity index (χ4v) is 2.47. The van der Waals surface area contributed by atoms with E-state index >= 15 is 0 Å². The second-order valence-electron chi connectivity index (χ2n) is 4.49. The highest BCUT2D eigenvalue weighted by molar-refractivity contribution is 6.31. The van der Waals surface area contributed by atoms with Gasteiger partial charge in [-0.15, -0.1) is 0 Å². The molecule has 3 N–H and O–H groups in total. The summed E-state index contributed by atoms with van der Waals surface area (Å²) >= 11 is 12.0. The number of nitrogen functional groups attached to an aromatic ring is 1. The molecule has 0 radical (unpaired) electrons. The number of anilines is 1. The number of carbonyl (C=O) groups excluding carboxylic acids is 1. The molecule has 104 valence electrons. The van der Waals surface area contributed by atoms with E-state index in [1.165, 1.54) is 0 Å². The number of hydrogen-bond acceptors (Lipinski definition) is 2. The normalized spacial score (nSPS) is 11.9. The van der Waals surface area contributed by atoms with E-state index in [4.69, 9.17) is 28.9 Å². The number of nitrogens with one attached hydrogen (secondary N) is 1. The predicted octanol–water partition coefficient (Wildman–Crippen LogP) is 4.07. The van der Waals surface area contributed by atoms with Gasteiger partial charge in [0.2, 0.25) is 0 Å². The quantitative estimate of drug-likeness (QED) is 0.840. The van der Waals surface area contributed by atoms with Gasteiger partial charge in [0.15, 0.2) is 0 Å². The van der Waals surface area contributed by atoms with Crippen LogP contribution in [0.4, 0.5) is 5.69 Å². The van der Waals surface area contributed by atoms with Crippen molar-refractivity contribution in [2.24, 2.45) is 0 Å². The Hall–Kier alpha value is -1.71. The van der Waals surface area contributed by atoms with Crippen molar-refractivity contribution in [3.05, 3.63) is 63.6 Å². The van der Waals surface area contributed by atoms with Gasteiger partial charge in [-0.1, -0.05) is 41.4 Å². The van der Waals surface area contributed by atoms with Gasteiger partial charge in [0, 0.05) is 21.3 Å². The fraction of sp³-hybridized carbons (Fsp3) is 0.133. The average Bonchev–Trinajstić information content (AvgIpc) is 2.37. The van der Waals surface area contributed by atoms with E-state index in [1.807, 2.05) is 25.1 Å². The lowest BCUT2D eigenvalue weighted by Crippen LogP contribution is -2.26. The van der Waals surface area contributed by atoms with E-state index in [1.54, 1.807) is 24.3 Å². The first kappa shape index (κ1) is 14.7. The van der Waals surface area contributed by atoms with Crippen LogP contribution in [0.5, 0.6) is 0 Å². The summed E-state index contributed by atoms with van der Waals surface area (Å²) < 4.78 is 0. The first-order valence-electron chi connectivity index (χ1n) is 6.08. The number of benzene rings is 2. The van der Waals surface area contributed by atoms with Crippen LogP contribution in [0.2, 0.25) is 10.0 Å². The molecular weight excluding hydrogens is 295 g/mol. The van der Waals surface area contributed by atoms with Gasteiger partial charge in [-0.2, -0.15) is 0 Å². The zero-order chi connectivity index (χ0) is 14.7. The van der Waals surface area contributed by atoms with Crippen LogP contribution in [0.25, 0.3) is 0 Å². The maximum atomic E-state index is 12.2. The highest BCUT2D eigenvalue weighted by Gasteiger charge is 2.14. The van der Waals surface area contributed by atoms with Gasteiger partial charge in [0.05, 0.1) is 6.04 Å². The molecule has 0 heterocycles. The van der Waals surface area contributed by atoms with Crippen LogP contribution < -0.4 is 11.1 Å². The third-order valence-corrected chi connectivity index (χ3v) is 3.46. The first-order chi connectivity index (χ1) is 9.47. The Kier molecular flexibility index (Phi) is 4.53. The smallest absolute Gasteiger partial charge is 0.251 e. The standard InChI is InChI=1S/C15H14Cl2N2O/c1-9(13-4-2-3-5-14(13)17)19-15(20)10-6-11(16)8-12(18)7-10/h2-9H,18H2,1H3,(H,19,20). The maximum absolute atomic E-state index is 12.2. The molecule has 1 atom stereocenters. The lowest BCUT2D eigenvalue weighted by atomic mass is 10.1. The van der Waals surface area contributed by atoms with Crippen LogP contribution in [-0.2, 0) is 0 Å². The van der Waals surface area contributed by atoms with Gasteiger partial charge < -0.3 is 11.1 Å². The van der Waals surface area contributed by atoms with E-state index in [9.17, 15) is 4.79 Å². The molecule has 5 heteroatoms.